The minimum absolute atomic E-state index is 0.130. The van der Waals surface area contributed by atoms with Crippen LogP contribution in [0.1, 0.15) is 35.9 Å². The van der Waals surface area contributed by atoms with Crippen LogP contribution in [0, 0.1) is 0 Å². The summed E-state index contributed by atoms with van der Waals surface area (Å²) in [5.41, 5.74) is 1.25. The summed E-state index contributed by atoms with van der Waals surface area (Å²) in [4.78, 5) is 18.4. The number of aromatic carboxylic acids is 1. The first-order valence-corrected chi connectivity index (χ1v) is 5.29. The van der Waals surface area contributed by atoms with Crippen molar-refractivity contribution in [3.05, 3.63) is 28.5 Å². The summed E-state index contributed by atoms with van der Waals surface area (Å²) in [6.45, 7) is 3.97. The number of fused-ring (bicyclic) bond motifs is 1. The highest BCUT2D eigenvalue weighted by molar-refractivity contribution is 6.31. The Morgan fingerprint density at radius 3 is 2.75 bits per heavy atom. The molecule has 84 valence electrons. The number of carboxylic acids is 1. The number of aromatic nitrogens is 2. The van der Waals surface area contributed by atoms with E-state index in [1.807, 2.05) is 13.8 Å². The molecule has 0 fully saturated rings. The second-order valence-corrected chi connectivity index (χ2v) is 4.37. The van der Waals surface area contributed by atoms with E-state index < -0.39 is 5.97 Å². The minimum atomic E-state index is -1.02. The molecule has 4 nitrogen and oxygen atoms in total. The van der Waals surface area contributed by atoms with Gasteiger partial charge in [0.2, 0.25) is 0 Å². The molecule has 16 heavy (non-hydrogen) atoms. The molecule has 2 aromatic rings. The summed E-state index contributed by atoms with van der Waals surface area (Å²) in [5.74, 6) is -0.0399. The number of nitrogens with zero attached hydrogens (tertiary/aromatic N) is 1. The summed E-state index contributed by atoms with van der Waals surface area (Å²) in [5, 5.41) is 9.44. The van der Waals surface area contributed by atoms with Crippen LogP contribution in [0.5, 0.6) is 0 Å². The zero-order valence-corrected chi connectivity index (χ0v) is 9.67. The molecule has 0 unspecified atom stereocenters. The maximum atomic E-state index is 11.0. The SMILES string of the molecule is CC(C)c1nc2c(C(=O)O)cc(Cl)cc2[nH]1. The largest absolute Gasteiger partial charge is 0.478 e. The smallest absolute Gasteiger partial charge is 0.338 e. The number of hydrogen-bond acceptors (Lipinski definition) is 2. The Balaban J connectivity index is 2.75. The Morgan fingerprint density at radius 1 is 1.50 bits per heavy atom. The van der Waals surface area contributed by atoms with Crippen molar-refractivity contribution in [2.24, 2.45) is 0 Å². The van der Waals surface area contributed by atoms with Crippen LogP contribution in [0.15, 0.2) is 12.1 Å². The van der Waals surface area contributed by atoms with Gasteiger partial charge in [-0.3, -0.25) is 0 Å². The number of benzene rings is 1. The van der Waals surface area contributed by atoms with E-state index in [4.69, 9.17) is 16.7 Å². The lowest BCUT2D eigenvalue weighted by molar-refractivity contribution is 0.0699. The predicted octanol–water partition coefficient (Wildman–Crippen LogP) is 3.04. The Bertz CT molecular complexity index is 560. The third-order valence-electron chi connectivity index (χ3n) is 2.35. The van der Waals surface area contributed by atoms with Crippen LogP contribution in [-0.2, 0) is 0 Å². The maximum Gasteiger partial charge on any atom is 0.338 e. The van der Waals surface area contributed by atoms with Crippen LogP contribution in [0.4, 0.5) is 0 Å². The summed E-state index contributed by atoms with van der Waals surface area (Å²) >= 11 is 5.85. The van der Waals surface area contributed by atoms with Crippen LogP contribution in [0.2, 0.25) is 5.02 Å². The number of H-pyrrole nitrogens is 1. The highest BCUT2D eigenvalue weighted by atomic mass is 35.5. The first-order valence-electron chi connectivity index (χ1n) is 4.91. The van der Waals surface area contributed by atoms with Crippen molar-refractivity contribution < 1.29 is 9.90 Å². The molecule has 5 heteroatoms. The first kappa shape index (κ1) is 11.0. The highest BCUT2D eigenvalue weighted by Gasteiger charge is 2.15. The number of imidazole rings is 1. The van der Waals surface area contributed by atoms with Crippen LogP contribution in [0.25, 0.3) is 11.0 Å². The summed E-state index contributed by atoms with van der Waals surface area (Å²) in [6.07, 6.45) is 0. The molecule has 1 aromatic heterocycles. The van der Waals surface area contributed by atoms with Crippen LogP contribution in [-0.4, -0.2) is 21.0 Å². The lowest BCUT2D eigenvalue weighted by Crippen LogP contribution is -1.97. The Kier molecular flexibility index (Phi) is 2.59. The van der Waals surface area contributed by atoms with Gasteiger partial charge >= 0.3 is 5.97 Å². The monoisotopic (exact) mass is 238 g/mol. The minimum Gasteiger partial charge on any atom is -0.478 e. The van der Waals surface area contributed by atoms with Gasteiger partial charge in [0.1, 0.15) is 11.3 Å². The quantitative estimate of drug-likeness (QED) is 0.845. The van der Waals surface area contributed by atoms with Crippen molar-refractivity contribution >= 4 is 28.6 Å². The van der Waals surface area contributed by atoms with E-state index in [9.17, 15) is 4.79 Å². The van der Waals surface area contributed by atoms with E-state index in [0.29, 0.717) is 16.1 Å². The lowest BCUT2D eigenvalue weighted by atomic mass is 10.2. The Hall–Kier alpha value is -1.55. The third-order valence-corrected chi connectivity index (χ3v) is 2.57. The standard InChI is InChI=1S/C11H11ClN2O2/c1-5(2)10-13-8-4-6(12)3-7(11(15)16)9(8)14-10/h3-5H,1-2H3,(H,13,14)(H,15,16). The summed E-state index contributed by atoms with van der Waals surface area (Å²) < 4.78 is 0. The van der Waals surface area contributed by atoms with Gasteiger partial charge in [0.05, 0.1) is 11.1 Å². The molecule has 0 bridgehead atoms. The topological polar surface area (TPSA) is 66.0 Å². The van der Waals surface area contributed by atoms with Crippen molar-refractivity contribution in [1.29, 1.82) is 0 Å². The van der Waals surface area contributed by atoms with Crippen molar-refractivity contribution in [3.8, 4) is 0 Å². The lowest BCUT2D eigenvalue weighted by Gasteiger charge is -1.96. The van der Waals surface area contributed by atoms with Gasteiger partial charge in [-0.2, -0.15) is 0 Å². The Labute approximate surface area is 97.3 Å². The Morgan fingerprint density at radius 2 is 2.19 bits per heavy atom. The first-order chi connectivity index (χ1) is 7.49. The number of hydrogen-bond donors (Lipinski definition) is 2. The second-order valence-electron chi connectivity index (χ2n) is 3.93. The fourth-order valence-electron chi connectivity index (χ4n) is 1.54. The molecule has 0 saturated carbocycles. The molecule has 0 amide bonds. The molecule has 0 saturated heterocycles. The molecule has 1 aromatic carbocycles. The van der Waals surface area contributed by atoms with Crippen molar-refractivity contribution in [2.45, 2.75) is 19.8 Å². The summed E-state index contributed by atoms with van der Waals surface area (Å²) in [6, 6.07) is 3.10. The average molecular weight is 239 g/mol. The van der Waals surface area contributed by atoms with Gasteiger partial charge in [-0.1, -0.05) is 25.4 Å². The van der Waals surface area contributed by atoms with E-state index in [-0.39, 0.29) is 11.5 Å². The van der Waals surface area contributed by atoms with Gasteiger partial charge in [-0.05, 0) is 12.1 Å². The zero-order valence-electron chi connectivity index (χ0n) is 8.91. The van der Waals surface area contributed by atoms with Crippen LogP contribution >= 0.6 is 11.6 Å². The second kappa shape index (κ2) is 3.79. The fraction of sp³-hybridized carbons (Fsp3) is 0.273. The molecule has 0 aliphatic carbocycles. The number of halogens is 1. The normalized spacial score (nSPS) is 11.2. The predicted molar refractivity (Wildman–Crippen MR) is 62.2 cm³/mol. The van der Waals surface area contributed by atoms with Gasteiger partial charge in [0, 0.05) is 10.9 Å². The highest BCUT2D eigenvalue weighted by Crippen LogP contribution is 2.24. The van der Waals surface area contributed by atoms with E-state index in [1.165, 1.54) is 6.07 Å². The van der Waals surface area contributed by atoms with Crippen LogP contribution < -0.4 is 0 Å². The molecule has 2 N–H and O–H groups in total. The molecule has 0 aliphatic heterocycles. The van der Waals surface area contributed by atoms with E-state index in [1.54, 1.807) is 6.07 Å². The molecule has 1 heterocycles. The van der Waals surface area contributed by atoms with Crippen molar-refractivity contribution in [3.63, 3.8) is 0 Å². The van der Waals surface area contributed by atoms with E-state index >= 15 is 0 Å². The van der Waals surface area contributed by atoms with Gasteiger partial charge in [0.25, 0.3) is 0 Å². The molecule has 0 spiro atoms. The van der Waals surface area contributed by atoms with E-state index in [0.717, 1.165) is 5.82 Å². The number of aromatic amines is 1. The third kappa shape index (κ3) is 1.76. The van der Waals surface area contributed by atoms with Crippen LogP contribution in [0.3, 0.4) is 0 Å². The molecule has 0 radical (unpaired) electrons. The summed E-state index contributed by atoms with van der Waals surface area (Å²) in [7, 11) is 0. The van der Waals surface area contributed by atoms with Crippen molar-refractivity contribution in [1.82, 2.24) is 9.97 Å². The fourth-order valence-corrected chi connectivity index (χ4v) is 1.76. The average Bonchev–Trinajstić information content (AvgIpc) is 2.59. The number of rotatable bonds is 2. The molecule has 0 atom stereocenters. The number of carboxylic acid groups (broad SMARTS) is 1. The molecular formula is C11H11ClN2O2. The van der Waals surface area contributed by atoms with Gasteiger partial charge in [0.15, 0.2) is 0 Å². The van der Waals surface area contributed by atoms with Crippen molar-refractivity contribution in [2.75, 3.05) is 0 Å². The molecular weight excluding hydrogens is 228 g/mol. The maximum absolute atomic E-state index is 11.0. The van der Waals surface area contributed by atoms with Gasteiger partial charge in [-0.15, -0.1) is 0 Å². The number of nitrogens with one attached hydrogen (secondary N) is 1. The van der Waals surface area contributed by atoms with E-state index in [2.05, 4.69) is 9.97 Å². The number of carbonyl (C=O) groups is 1. The van der Waals surface area contributed by atoms with Gasteiger partial charge in [-0.25, -0.2) is 9.78 Å². The molecule has 2 rings (SSSR count). The van der Waals surface area contributed by atoms with Gasteiger partial charge < -0.3 is 10.1 Å². The molecule has 0 aliphatic rings. The zero-order chi connectivity index (χ0) is 11.9.